The van der Waals surface area contributed by atoms with Crippen molar-refractivity contribution in [3.05, 3.63) is 52.0 Å². The first-order chi connectivity index (χ1) is 11.7. The highest BCUT2D eigenvalue weighted by atomic mass is 35.5. The smallest absolute Gasteiger partial charge is 0.418 e. The number of alkyl halides is 3. The molecule has 0 radical (unpaired) electrons. The van der Waals surface area contributed by atoms with E-state index in [1.165, 1.54) is 37.4 Å². The number of amides is 1. The van der Waals surface area contributed by atoms with Crippen LogP contribution in [0, 0.1) is 0 Å². The average Bonchev–Trinajstić information content (AvgIpc) is 2.52. The van der Waals surface area contributed by atoms with Crippen molar-refractivity contribution in [2.75, 3.05) is 24.3 Å². The highest BCUT2D eigenvalue weighted by Crippen LogP contribution is 2.36. The zero-order valence-corrected chi connectivity index (χ0v) is 14.4. The first kappa shape index (κ1) is 19.2. The van der Waals surface area contributed by atoms with Crippen molar-refractivity contribution in [2.45, 2.75) is 6.18 Å². The van der Waals surface area contributed by atoms with Gasteiger partial charge in [0.25, 0.3) is 0 Å². The molecule has 4 nitrogen and oxygen atoms in total. The van der Waals surface area contributed by atoms with Crippen molar-refractivity contribution >= 4 is 40.5 Å². The minimum absolute atomic E-state index is 0.236. The molecule has 0 bridgehead atoms. The first-order valence-electron chi connectivity index (χ1n) is 6.95. The number of halogens is 5. The van der Waals surface area contributed by atoms with Crippen LogP contribution in [0.3, 0.4) is 0 Å². The molecular formula is C16H13Cl2F3N2O2. The van der Waals surface area contributed by atoms with Gasteiger partial charge in [0.1, 0.15) is 0 Å². The van der Waals surface area contributed by atoms with Gasteiger partial charge in [-0.2, -0.15) is 13.2 Å². The van der Waals surface area contributed by atoms with Crippen LogP contribution in [0.1, 0.15) is 5.56 Å². The Balaban J connectivity index is 2.05. The number of nitrogens with one attached hydrogen (secondary N) is 2. The Morgan fingerprint density at radius 2 is 1.76 bits per heavy atom. The lowest BCUT2D eigenvalue weighted by molar-refractivity contribution is -0.137. The van der Waals surface area contributed by atoms with E-state index in [1.54, 1.807) is 0 Å². The maximum Gasteiger partial charge on any atom is 0.418 e. The van der Waals surface area contributed by atoms with E-state index in [4.69, 9.17) is 27.9 Å². The van der Waals surface area contributed by atoms with E-state index in [-0.39, 0.29) is 28.0 Å². The van der Waals surface area contributed by atoms with E-state index in [0.717, 1.165) is 6.07 Å². The predicted octanol–water partition coefficient (Wildman–Crippen LogP) is 5.07. The normalized spacial score (nSPS) is 11.1. The van der Waals surface area contributed by atoms with Crippen LogP contribution in [0.5, 0.6) is 5.75 Å². The lowest BCUT2D eigenvalue weighted by Gasteiger charge is -2.14. The van der Waals surface area contributed by atoms with Crippen LogP contribution in [0.4, 0.5) is 24.5 Å². The molecule has 0 atom stereocenters. The summed E-state index contributed by atoms with van der Waals surface area (Å²) in [4.78, 5) is 11.9. The summed E-state index contributed by atoms with van der Waals surface area (Å²) in [5, 5.41) is 5.44. The third-order valence-corrected chi connectivity index (χ3v) is 3.72. The van der Waals surface area contributed by atoms with E-state index in [0.29, 0.717) is 5.69 Å². The van der Waals surface area contributed by atoms with Gasteiger partial charge in [0, 0.05) is 5.69 Å². The predicted molar refractivity (Wildman–Crippen MR) is 91.6 cm³/mol. The number of rotatable bonds is 5. The maximum atomic E-state index is 12.9. The molecule has 0 aliphatic rings. The zero-order chi connectivity index (χ0) is 18.6. The van der Waals surface area contributed by atoms with Crippen molar-refractivity contribution in [1.29, 1.82) is 0 Å². The second-order valence-corrected chi connectivity index (χ2v) is 5.73. The molecule has 0 fully saturated rings. The summed E-state index contributed by atoms with van der Waals surface area (Å²) in [5.41, 5.74) is -0.804. The molecule has 0 aromatic heterocycles. The van der Waals surface area contributed by atoms with E-state index in [1.807, 2.05) is 0 Å². The molecule has 134 valence electrons. The van der Waals surface area contributed by atoms with E-state index < -0.39 is 17.6 Å². The molecule has 0 saturated heterocycles. The molecule has 25 heavy (non-hydrogen) atoms. The third-order valence-electron chi connectivity index (χ3n) is 3.16. The van der Waals surface area contributed by atoms with Gasteiger partial charge in [-0.15, -0.1) is 0 Å². The standard InChI is InChI=1S/C16H13Cl2F3N2O2/c1-25-15-11(17)6-9(7-12(15)18)22-8-14(24)23-13-5-3-2-4-10(13)16(19,20)21/h2-7,22H,8H2,1H3,(H,23,24). The van der Waals surface area contributed by atoms with Crippen LogP contribution < -0.4 is 15.4 Å². The van der Waals surface area contributed by atoms with Gasteiger partial charge in [0.05, 0.1) is 35.0 Å². The highest BCUT2D eigenvalue weighted by molar-refractivity contribution is 6.37. The van der Waals surface area contributed by atoms with Crippen molar-refractivity contribution in [1.82, 2.24) is 0 Å². The molecule has 0 unspecified atom stereocenters. The van der Waals surface area contributed by atoms with Crippen molar-refractivity contribution in [3.8, 4) is 5.75 Å². The van der Waals surface area contributed by atoms with Gasteiger partial charge >= 0.3 is 6.18 Å². The molecule has 9 heteroatoms. The molecule has 0 spiro atoms. The monoisotopic (exact) mass is 392 g/mol. The maximum absolute atomic E-state index is 12.9. The second kappa shape index (κ2) is 7.84. The van der Waals surface area contributed by atoms with Crippen LogP contribution in [0.25, 0.3) is 0 Å². The minimum Gasteiger partial charge on any atom is -0.494 e. The second-order valence-electron chi connectivity index (χ2n) is 4.92. The Kier molecular flexibility index (Phi) is 6.02. The van der Waals surface area contributed by atoms with Gasteiger partial charge in [0.2, 0.25) is 5.91 Å². The Hall–Kier alpha value is -2.12. The highest BCUT2D eigenvalue weighted by Gasteiger charge is 2.33. The number of carbonyl (C=O) groups is 1. The first-order valence-corrected chi connectivity index (χ1v) is 7.71. The summed E-state index contributed by atoms with van der Waals surface area (Å²) < 4.78 is 43.7. The summed E-state index contributed by atoms with van der Waals surface area (Å²) in [6.07, 6.45) is -4.56. The molecule has 1 amide bonds. The van der Waals surface area contributed by atoms with E-state index in [9.17, 15) is 18.0 Å². The Morgan fingerprint density at radius 1 is 1.16 bits per heavy atom. The molecule has 2 aromatic rings. The van der Waals surface area contributed by atoms with Gasteiger partial charge in [-0.1, -0.05) is 35.3 Å². The van der Waals surface area contributed by atoms with Crippen molar-refractivity contribution in [3.63, 3.8) is 0 Å². The van der Waals surface area contributed by atoms with Gasteiger partial charge in [0.15, 0.2) is 5.75 Å². The average molecular weight is 393 g/mol. The quantitative estimate of drug-likeness (QED) is 0.746. The fraction of sp³-hybridized carbons (Fsp3) is 0.188. The molecule has 2 rings (SSSR count). The van der Waals surface area contributed by atoms with Gasteiger partial charge < -0.3 is 15.4 Å². The molecular weight excluding hydrogens is 380 g/mol. The Labute approximate surface area is 151 Å². The van der Waals surface area contributed by atoms with Crippen LogP contribution >= 0.6 is 23.2 Å². The number of anilines is 2. The molecule has 2 aromatic carbocycles. The summed E-state index contributed by atoms with van der Waals surface area (Å²) in [5.74, 6) is -0.364. The van der Waals surface area contributed by atoms with Gasteiger partial charge in [-0.3, -0.25) is 4.79 Å². The molecule has 2 N–H and O–H groups in total. The summed E-state index contributed by atoms with van der Waals surface area (Å²) >= 11 is 12.0. The lowest BCUT2D eigenvalue weighted by atomic mass is 10.1. The van der Waals surface area contributed by atoms with Crippen LogP contribution in [0.15, 0.2) is 36.4 Å². The zero-order valence-electron chi connectivity index (χ0n) is 12.9. The molecule has 0 aliphatic carbocycles. The largest absolute Gasteiger partial charge is 0.494 e. The van der Waals surface area contributed by atoms with Crippen LogP contribution in [0.2, 0.25) is 10.0 Å². The van der Waals surface area contributed by atoms with Gasteiger partial charge in [-0.05, 0) is 24.3 Å². The van der Waals surface area contributed by atoms with Crippen LogP contribution in [-0.2, 0) is 11.0 Å². The fourth-order valence-electron chi connectivity index (χ4n) is 2.07. The van der Waals surface area contributed by atoms with Crippen LogP contribution in [-0.4, -0.2) is 19.6 Å². The number of methoxy groups -OCH3 is 1. The van der Waals surface area contributed by atoms with E-state index in [2.05, 4.69) is 10.6 Å². The van der Waals surface area contributed by atoms with E-state index >= 15 is 0 Å². The lowest BCUT2D eigenvalue weighted by Crippen LogP contribution is -2.23. The fourth-order valence-corrected chi connectivity index (χ4v) is 2.71. The third kappa shape index (κ3) is 4.93. The Morgan fingerprint density at radius 3 is 2.32 bits per heavy atom. The Bertz CT molecular complexity index is 759. The number of ether oxygens (including phenoxy) is 1. The number of carbonyl (C=O) groups excluding carboxylic acids is 1. The molecule has 0 saturated carbocycles. The SMILES string of the molecule is COc1c(Cl)cc(NCC(=O)Nc2ccccc2C(F)(F)F)cc1Cl. The summed E-state index contributed by atoms with van der Waals surface area (Å²) in [6.45, 7) is -0.273. The summed E-state index contributed by atoms with van der Waals surface area (Å²) in [7, 11) is 1.41. The number of hydrogen-bond donors (Lipinski definition) is 2. The van der Waals surface area contributed by atoms with Crippen molar-refractivity contribution < 1.29 is 22.7 Å². The molecule has 0 heterocycles. The summed E-state index contributed by atoms with van der Waals surface area (Å²) in [6, 6.07) is 7.71. The van der Waals surface area contributed by atoms with Crippen molar-refractivity contribution in [2.24, 2.45) is 0 Å². The molecule has 0 aliphatic heterocycles. The minimum atomic E-state index is -4.56. The topological polar surface area (TPSA) is 50.4 Å². The van der Waals surface area contributed by atoms with Gasteiger partial charge in [-0.25, -0.2) is 0 Å². The number of benzene rings is 2. The number of para-hydroxylation sites is 1. The number of hydrogen-bond acceptors (Lipinski definition) is 3.